The molecule has 2 heteroatoms. The van der Waals surface area contributed by atoms with Gasteiger partial charge in [0.2, 0.25) is 0 Å². The molecule has 0 saturated heterocycles. The topological polar surface area (TPSA) is 38.0 Å². The van der Waals surface area contributed by atoms with Crippen molar-refractivity contribution in [2.45, 2.75) is 39.7 Å². The normalized spacial score (nSPS) is 13.5. The third-order valence-corrected chi connectivity index (χ3v) is 2.81. The maximum absolute atomic E-state index is 5.55. The van der Waals surface area contributed by atoms with Crippen LogP contribution in [0.3, 0.4) is 0 Å². The van der Waals surface area contributed by atoms with Gasteiger partial charge in [0.05, 0.1) is 0 Å². The summed E-state index contributed by atoms with van der Waals surface area (Å²) in [5.41, 5.74) is 5.50. The summed E-state index contributed by atoms with van der Waals surface area (Å²) < 4.78 is 0. The van der Waals surface area contributed by atoms with E-state index in [1.807, 2.05) is 0 Å². The zero-order valence-corrected chi connectivity index (χ0v) is 10.1. The van der Waals surface area contributed by atoms with Crippen LogP contribution >= 0.6 is 0 Å². The minimum absolute atomic E-state index is 0.242. The van der Waals surface area contributed by atoms with Crippen LogP contribution in [0.1, 0.15) is 50.8 Å². The zero-order chi connectivity index (χ0) is 11.4. The van der Waals surface area contributed by atoms with E-state index in [0.29, 0.717) is 11.8 Å². The SMILES string of the molecule is CC(C)c1ccc(C(NN)C(C)C)cc1. The first-order valence-electron chi connectivity index (χ1n) is 5.62. The van der Waals surface area contributed by atoms with E-state index >= 15 is 0 Å². The van der Waals surface area contributed by atoms with E-state index in [1.165, 1.54) is 11.1 Å². The van der Waals surface area contributed by atoms with Crippen molar-refractivity contribution >= 4 is 0 Å². The van der Waals surface area contributed by atoms with Crippen LogP contribution in [-0.4, -0.2) is 0 Å². The largest absolute Gasteiger partial charge is 0.271 e. The Kier molecular flexibility index (Phi) is 4.30. The third kappa shape index (κ3) is 3.05. The summed E-state index contributed by atoms with van der Waals surface area (Å²) in [4.78, 5) is 0. The van der Waals surface area contributed by atoms with Crippen molar-refractivity contribution in [1.29, 1.82) is 0 Å². The van der Waals surface area contributed by atoms with E-state index < -0.39 is 0 Å². The molecule has 0 aromatic heterocycles. The maximum atomic E-state index is 5.55. The summed E-state index contributed by atoms with van der Waals surface area (Å²) in [6.07, 6.45) is 0. The van der Waals surface area contributed by atoms with Gasteiger partial charge in [0.15, 0.2) is 0 Å². The second kappa shape index (κ2) is 5.29. The van der Waals surface area contributed by atoms with Crippen molar-refractivity contribution in [3.63, 3.8) is 0 Å². The van der Waals surface area contributed by atoms with Crippen molar-refractivity contribution in [2.24, 2.45) is 11.8 Å². The molecular formula is C13H22N2. The molecule has 1 unspecified atom stereocenters. The molecule has 0 fully saturated rings. The predicted octanol–water partition coefficient (Wildman–Crippen LogP) is 2.97. The summed E-state index contributed by atoms with van der Waals surface area (Å²) in [5, 5.41) is 0. The molecule has 3 N–H and O–H groups in total. The van der Waals surface area contributed by atoms with Crippen molar-refractivity contribution in [2.75, 3.05) is 0 Å². The Labute approximate surface area is 92.8 Å². The molecule has 1 rings (SSSR count). The van der Waals surface area contributed by atoms with Gasteiger partial charge in [-0.15, -0.1) is 0 Å². The molecule has 0 bridgehead atoms. The number of nitrogens with two attached hydrogens (primary N) is 1. The van der Waals surface area contributed by atoms with Gasteiger partial charge in [0, 0.05) is 6.04 Å². The average Bonchev–Trinajstić information content (AvgIpc) is 2.19. The lowest BCUT2D eigenvalue weighted by Gasteiger charge is -2.20. The lowest BCUT2D eigenvalue weighted by Crippen LogP contribution is -2.31. The molecule has 84 valence electrons. The fourth-order valence-electron chi connectivity index (χ4n) is 1.76. The number of hydrazine groups is 1. The van der Waals surface area contributed by atoms with Crippen LogP contribution in [0.4, 0.5) is 0 Å². The summed E-state index contributed by atoms with van der Waals surface area (Å²) in [6.45, 7) is 8.74. The Hall–Kier alpha value is -0.860. The molecular weight excluding hydrogens is 184 g/mol. The zero-order valence-electron chi connectivity index (χ0n) is 10.1. The second-order valence-corrected chi connectivity index (χ2v) is 4.71. The Morgan fingerprint density at radius 1 is 0.933 bits per heavy atom. The predicted molar refractivity (Wildman–Crippen MR) is 65.4 cm³/mol. The minimum Gasteiger partial charge on any atom is -0.271 e. The van der Waals surface area contributed by atoms with Crippen LogP contribution in [0.25, 0.3) is 0 Å². The molecule has 2 nitrogen and oxygen atoms in total. The van der Waals surface area contributed by atoms with Crippen molar-refractivity contribution in [3.05, 3.63) is 35.4 Å². The Balaban J connectivity index is 2.87. The minimum atomic E-state index is 0.242. The monoisotopic (exact) mass is 206 g/mol. The summed E-state index contributed by atoms with van der Waals surface area (Å²) in [7, 11) is 0. The quantitative estimate of drug-likeness (QED) is 0.587. The molecule has 0 aliphatic carbocycles. The molecule has 1 aromatic carbocycles. The highest BCUT2D eigenvalue weighted by atomic mass is 15.2. The van der Waals surface area contributed by atoms with Crippen molar-refractivity contribution in [1.82, 2.24) is 5.43 Å². The van der Waals surface area contributed by atoms with E-state index in [0.717, 1.165) is 0 Å². The Morgan fingerprint density at radius 3 is 1.73 bits per heavy atom. The lowest BCUT2D eigenvalue weighted by molar-refractivity contribution is 0.421. The van der Waals surface area contributed by atoms with E-state index in [4.69, 9.17) is 5.84 Å². The van der Waals surface area contributed by atoms with Crippen molar-refractivity contribution < 1.29 is 0 Å². The lowest BCUT2D eigenvalue weighted by atomic mass is 9.94. The van der Waals surface area contributed by atoms with Crippen LogP contribution < -0.4 is 11.3 Å². The first-order chi connectivity index (χ1) is 7.06. The highest BCUT2D eigenvalue weighted by Crippen LogP contribution is 2.23. The maximum Gasteiger partial charge on any atom is 0.0482 e. The summed E-state index contributed by atoms with van der Waals surface area (Å²) >= 11 is 0. The average molecular weight is 206 g/mol. The number of hydrogen-bond donors (Lipinski definition) is 2. The number of hydrogen-bond acceptors (Lipinski definition) is 2. The van der Waals surface area contributed by atoms with Gasteiger partial charge in [-0.05, 0) is 23.0 Å². The summed E-state index contributed by atoms with van der Waals surface area (Å²) in [6, 6.07) is 8.95. The molecule has 0 aliphatic heterocycles. The Morgan fingerprint density at radius 2 is 1.40 bits per heavy atom. The molecule has 0 amide bonds. The van der Waals surface area contributed by atoms with E-state index in [9.17, 15) is 0 Å². The van der Waals surface area contributed by atoms with Gasteiger partial charge in [-0.3, -0.25) is 11.3 Å². The number of rotatable bonds is 4. The van der Waals surface area contributed by atoms with Crippen LogP contribution in [0.5, 0.6) is 0 Å². The molecule has 15 heavy (non-hydrogen) atoms. The highest BCUT2D eigenvalue weighted by molar-refractivity contribution is 5.27. The Bertz CT molecular complexity index is 288. The number of nitrogens with one attached hydrogen (secondary N) is 1. The fourth-order valence-corrected chi connectivity index (χ4v) is 1.76. The second-order valence-electron chi connectivity index (χ2n) is 4.71. The highest BCUT2D eigenvalue weighted by Gasteiger charge is 2.13. The molecule has 1 atom stereocenters. The molecule has 0 heterocycles. The fraction of sp³-hybridized carbons (Fsp3) is 0.538. The van der Waals surface area contributed by atoms with Gasteiger partial charge in [0.1, 0.15) is 0 Å². The first-order valence-corrected chi connectivity index (χ1v) is 5.62. The first kappa shape index (κ1) is 12.2. The van der Waals surface area contributed by atoms with Gasteiger partial charge in [-0.1, -0.05) is 52.0 Å². The van der Waals surface area contributed by atoms with Gasteiger partial charge in [0.25, 0.3) is 0 Å². The molecule has 0 saturated carbocycles. The van der Waals surface area contributed by atoms with Crippen LogP contribution in [0, 0.1) is 5.92 Å². The van der Waals surface area contributed by atoms with Crippen molar-refractivity contribution in [3.8, 4) is 0 Å². The third-order valence-electron chi connectivity index (χ3n) is 2.81. The van der Waals surface area contributed by atoms with E-state index in [-0.39, 0.29) is 6.04 Å². The van der Waals surface area contributed by atoms with Crippen LogP contribution in [-0.2, 0) is 0 Å². The van der Waals surface area contributed by atoms with Gasteiger partial charge in [-0.2, -0.15) is 0 Å². The van der Waals surface area contributed by atoms with E-state index in [2.05, 4.69) is 57.4 Å². The van der Waals surface area contributed by atoms with Crippen LogP contribution in [0.2, 0.25) is 0 Å². The molecule has 1 aromatic rings. The van der Waals surface area contributed by atoms with Gasteiger partial charge in [-0.25, -0.2) is 0 Å². The van der Waals surface area contributed by atoms with Gasteiger partial charge >= 0.3 is 0 Å². The number of benzene rings is 1. The molecule has 0 radical (unpaired) electrons. The molecule has 0 aliphatic rings. The smallest absolute Gasteiger partial charge is 0.0482 e. The summed E-state index contributed by atoms with van der Waals surface area (Å²) in [5.74, 6) is 6.64. The van der Waals surface area contributed by atoms with Crippen LogP contribution in [0.15, 0.2) is 24.3 Å². The standard InChI is InChI=1S/C13H22N2/c1-9(2)11-5-7-12(8-6-11)13(15-14)10(3)4/h5-10,13,15H,14H2,1-4H3. The van der Waals surface area contributed by atoms with E-state index in [1.54, 1.807) is 0 Å². The van der Waals surface area contributed by atoms with Gasteiger partial charge < -0.3 is 0 Å². The molecule has 0 spiro atoms.